The monoisotopic (exact) mass is 340 g/mol. The van der Waals surface area contributed by atoms with E-state index in [4.69, 9.17) is 4.74 Å². The summed E-state index contributed by atoms with van der Waals surface area (Å²) in [6.07, 6.45) is 0. The van der Waals surface area contributed by atoms with Crippen LogP contribution in [0.2, 0.25) is 0 Å². The smallest absolute Gasteiger partial charge is 0.253 e. The third-order valence-corrected chi connectivity index (χ3v) is 3.91. The lowest BCUT2D eigenvalue weighted by molar-refractivity contribution is 0.0820. The lowest BCUT2D eigenvalue weighted by Gasteiger charge is -2.15. The summed E-state index contributed by atoms with van der Waals surface area (Å²) in [6.45, 7) is 0.405. The van der Waals surface area contributed by atoms with Gasteiger partial charge in [0.2, 0.25) is 0 Å². The Morgan fingerprint density at radius 3 is 1.88 bits per heavy atom. The summed E-state index contributed by atoms with van der Waals surface area (Å²) in [4.78, 5) is 27.3. The molecule has 0 bridgehead atoms. The summed E-state index contributed by atoms with van der Waals surface area (Å²) < 4.78 is 5.29. The van der Waals surface area contributed by atoms with Crippen molar-refractivity contribution in [3.63, 3.8) is 0 Å². The first-order chi connectivity index (χ1) is 11.8. The fourth-order valence-electron chi connectivity index (χ4n) is 2.59. The molecule has 2 rings (SSSR count). The number of hydrogen-bond donors (Lipinski definition) is 0. The van der Waals surface area contributed by atoms with Crippen LogP contribution in [0.5, 0.6) is 0 Å². The molecule has 0 aliphatic heterocycles. The lowest BCUT2D eigenvalue weighted by Crippen LogP contribution is -2.22. The lowest BCUT2D eigenvalue weighted by atomic mass is 9.96. The molecule has 132 valence electrons. The Labute approximate surface area is 148 Å². The first kappa shape index (κ1) is 18.7. The molecule has 0 saturated carbocycles. The van der Waals surface area contributed by atoms with Crippen LogP contribution in [0.25, 0.3) is 11.1 Å². The molecule has 0 atom stereocenters. The van der Waals surface area contributed by atoms with Crippen molar-refractivity contribution in [1.82, 2.24) is 9.80 Å². The van der Waals surface area contributed by atoms with E-state index in [1.807, 2.05) is 42.5 Å². The molecule has 0 spiro atoms. The van der Waals surface area contributed by atoms with Crippen molar-refractivity contribution in [2.24, 2.45) is 0 Å². The van der Waals surface area contributed by atoms with Gasteiger partial charge in [0.15, 0.2) is 0 Å². The maximum absolute atomic E-state index is 12.2. The number of nitrogens with zero attached hydrogens (tertiary/aromatic N) is 2. The van der Waals surface area contributed by atoms with Gasteiger partial charge < -0.3 is 14.5 Å². The first-order valence-corrected chi connectivity index (χ1v) is 8.00. The van der Waals surface area contributed by atoms with E-state index < -0.39 is 0 Å². The molecule has 0 saturated heterocycles. The van der Waals surface area contributed by atoms with Gasteiger partial charge in [0, 0.05) is 46.4 Å². The Hall–Kier alpha value is -2.66. The van der Waals surface area contributed by atoms with Crippen molar-refractivity contribution >= 4 is 11.8 Å². The molecule has 0 aliphatic rings. The van der Waals surface area contributed by atoms with Crippen LogP contribution >= 0.6 is 0 Å². The van der Waals surface area contributed by atoms with E-state index in [0.717, 1.165) is 16.7 Å². The predicted molar refractivity (Wildman–Crippen MR) is 98.6 cm³/mol. The van der Waals surface area contributed by atoms with Crippen molar-refractivity contribution in [2.45, 2.75) is 6.61 Å². The zero-order chi connectivity index (χ0) is 18.6. The van der Waals surface area contributed by atoms with Crippen LogP contribution in [0.15, 0.2) is 42.5 Å². The van der Waals surface area contributed by atoms with Gasteiger partial charge in [-0.15, -0.1) is 0 Å². The minimum atomic E-state index is -0.0455. The molecule has 0 aromatic heterocycles. The van der Waals surface area contributed by atoms with E-state index in [-0.39, 0.29) is 11.8 Å². The second-order valence-electron chi connectivity index (χ2n) is 6.28. The number of benzene rings is 2. The Balaban J connectivity index is 2.41. The van der Waals surface area contributed by atoms with Crippen molar-refractivity contribution in [3.8, 4) is 11.1 Å². The molecule has 25 heavy (non-hydrogen) atoms. The summed E-state index contributed by atoms with van der Waals surface area (Å²) in [5.41, 5.74) is 4.16. The topological polar surface area (TPSA) is 49.9 Å². The number of methoxy groups -OCH3 is 1. The molecule has 0 aliphatic carbocycles. The maximum atomic E-state index is 12.2. The molecular weight excluding hydrogens is 316 g/mol. The van der Waals surface area contributed by atoms with E-state index in [0.29, 0.717) is 17.7 Å². The Kier molecular flexibility index (Phi) is 5.93. The minimum Gasteiger partial charge on any atom is -0.380 e. The van der Waals surface area contributed by atoms with Gasteiger partial charge >= 0.3 is 0 Å². The second kappa shape index (κ2) is 7.94. The normalized spacial score (nSPS) is 10.4. The zero-order valence-corrected chi connectivity index (χ0v) is 15.4. The highest BCUT2D eigenvalue weighted by Crippen LogP contribution is 2.26. The van der Waals surface area contributed by atoms with E-state index in [1.165, 1.54) is 0 Å². The average Bonchev–Trinajstić information content (AvgIpc) is 2.60. The number of carbonyl (C=O) groups excluding carboxylic acids is 2. The fourth-order valence-corrected chi connectivity index (χ4v) is 2.59. The Morgan fingerprint density at radius 1 is 0.840 bits per heavy atom. The second-order valence-corrected chi connectivity index (χ2v) is 6.28. The Morgan fingerprint density at radius 2 is 1.36 bits per heavy atom. The van der Waals surface area contributed by atoms with Crippen molar-refractivity contribution in [1.29, 1.82) is 0 Å². The quantitative estimate of drug-likeness (QED) is 0.841. The van der Waals surface area contributed by atoms with Gasteiger partial charge in [0.25, 0.3) is 11.8 Å². The molecule has 5 nitrogen and oxygen atoms in total. The predicted octanol–water partition coefficient (Wildman–Crippen LogP) is 2.90. The molecule has 0 radical (unpaired) electrons. The van der Waals surface area contributed by atoms with Crippen LogP contribution in [-0.4, -0.2) is 56.9 Å². The van der Waals surface area contributed by atoms with Gasteiger partial charge in [0.1, 0.15) is 0 Å². The molecular formula is C20H24N2O3. The largest absolute Gasteiger partial charge is 0.380 e. The molecule has 2 aromatic carbocycles. The number of hydrogen-bond acceptors (Lipinski definition) is 3. The van der Waals surface area contributed by atoms with E-state index in [1.54, 1.807) is 45.1 Å². The highest BCUT2D eigenvalue weighted by atomic mass is 16.5. The van der Waals surface area contributed by atoms with Gasteiger partial charge in [-0.25, -0.2) is 0 Å². The molecule has 0 fully saturated rings. The van der Waals surface area contributed by atoms with Gasteiger partial charge in [-0.1, -0.05) is 18.2 Å². The third kappa shape index (κ3) is 4.25. The van der Waals surface area contributed by atoms with Gasteiger partial charge in [0.05, 0.1) is 6.61 Å². The van der Waals surface area contributed by atoms with Crippen LogP contribution in [-0.2, 0) is 11.3 Å². The summed E-state index contributed by atoms with van der Waals surface area (Å²) in [7, 11) is 8.54. The number of amides is 2. The van der Waals surface area contributed by atoms with Gasteiger partial charge in [-0.2, -0.15) is 0 Å². The number of rotatable bonds is 5. The van der Waals surface area contributed by atoms with E-state index >= 15 is 0 Å². The number of carbonyl (C=O) groups is 2. The van der Waals surface area contributed by atoms with Crippen LogP contribution in [0, 0.1) is 0 Å². The summed E-state index contributed by atoms with van der Waals surface area (Å²) >= 11 is 0. The molecule has 2 amide bonds. The first-order valence-electron chi connectivity index (χ1n) is 8.00. The van der Waals surface area contributed by atoms with Crippen molar-refractivity contribution < 1.29 is 14.3 Å². The van der Waals surface area contributed by atoms with Crippen LogP contribution in [0.3, 0.4) is 0 Å². The molecule has 0 heterocycles. The van der Waals surface area contributed by atoms with E-state index in [9.17, 15) is 9.59 Å². The molecule has 0 N–H and O–H groups in total. The van der Waals surface area contributed by atoms with E-state index in [2.05, 4.69) is 0 Å². The third-order valence-electron chi connectivity index (χ3n) is 3.91. The molecule has 2 aromatic rings. The van der Waals surface area contributed by atoms with Crippen molar-refractivity contribution in [3.05, 3.63) is 59.2 Å². The highest BCUT2D eigenvalue weighted by molar-refractivity contribution is 5.95. The summed E-state index contributed by atoms with van der Waals surface area (Å²) in [6, 6.07) is 13.1. The Bertz CT molecular complexity index is 765. The zero-order valence-electron chi connectivity index (χ0n) is 15.4. The van der Waals surface area contributed by atoms with Crippen molar-refractivity contribution in [2.75, 3.05) is 35.3 Å². The SMILES string of the molecule is COCc1cc(C(=O)N(C)C)ccc1-c1ccc(C(=O)N(C)C)cc1. The van der Waals surface area contributed by atoms with Crippen LogP contribution in [0.4, 0.5) is 0 Å². The van der Waals surface area contributed by atoms with Gasteiger partial charge in [-0.3, -0.25) is 9.59 Å². The number of ether oxygens (including phenoxy) is 1. The maximum Gasteiger partial charge on any atom is 0.253 e. The van der Waals surface area contributed by atoms with Crippen LogP contribution in [0.1, 0.15) is 26.3 Å². The molecule has 5 heteroatoms. The standard InChI is InChI=1S/C20H24N2O3/c1-21(2)19(23)15-8-6-14(7-9-15)18-11-10-16(20(24)22(3)4)12-17(18)13-25-5/h6-12H,13H2,1-5H3. The average molecular weight is 340 g/mol. The fraction of sp³-hybridized carbons (Fsp3) is 0.300. The molecule has 0 unspecified atom stereocenters. The van der Waals surface area contributed by atoms with Gasteiger partial charge in [-0.05, 0) is 41.0 Å². The summed E-state index contributed by atoms with van der Waals surface area (Å²) in [5.74, 6) is -0.0774. The van der Waals surface area contributed by atoms with Crippen LogP contribution < -0.4 is 0 Å². The minimum absolute atomic E-state index is 0.0319. The summed E-state index contributed by atoms with van der Waals surface area (Å²) in [5, 5.41) is 0. The highest BCUT2D eigenvalue weighted by Gasteiger charge is 2.13.